The van der Waals surface area contributed by atoms with Gasteiger partial charge in [-0.15, -0.1) is 6.58 Å². The Morgan fingerprint density at radius 1 is 1.53 bits per heavy atom. The predicted octanol–water partition coefficient (Wildman–Crippen LogP) is 0.949. The number of carboxylic acids is 1. The van der Waals surface area contributed by atoms with Crippen LogP contribution in [0.5, 0.6) is 0 Å². The van der Waals surface area contributed by atoms with Crippen LogP contribution < -0.4 is 5.32 Å². The van der Waals surface area contributed by atoms with Crippen molar-refractivity contribution in [2.75, 3.05) is 13.2 Å². The average molecular weight is 241 g/mol. The lowest BCUT2D eigenvalue weighted by Crippen LogP contribution is -2.42. The SMILES string of the molecule is C=CCOCCCC(=O)NC(C(=O)O)C1CC1. The predicted molar refractivity (Wildman–Crippen MR) is 62.5 cm³/mol. The first kappa shape index (κ1) is 13.7. The van der Waals surface area contributed by atoms with Crippen LogP contribution in [0.15, 0.2) is 12.7 Å². The van der Waals surface area contributed by atoms with E-state index in [0.717, 1.165) is 12.8 Å². The minimum absolute atomic E-state index is 0.119. The summed E-state index contributed by atoms with van der Waals surface area (Å²) in [6.45, 7) is 4.47. The van der Waals surface area contributed by atoms with Gasteiger partial charge in [0.2, 0.25) is 5.91 Å². The summed E-state index contributed by atoms with van der Waals surface area (Å²) in [5.41, 5.74) is 0. The van der Waals surface area contributed by atoms with Crippen LogP contribution in [0.3, 0.4) is 0 Å². The number of nitrogens with one attached hydrogen (secondary N) is 1. The molecule has 0 aromatic heterocycles. The average Bonchev–Trinajstić information content (AvgIpc) is 3.09. The number of hydrogen-bond acceptors (Lipinski definition) is 3. The van der Waals surface area contributed by atoms with Crippen LogP contribution in [0.1, 0.15) is 25.7 Å². The first-order valence-corrected chi connectivity index (χ1v) is 5.86. The third-order valence-electron chi connectivity index (χ3n) is 2.60. The van der Waals surface area contributed by atoms with Gasteiger partial charge in [-0.3, -0.25) is 4.79 Å². The second-order valence-corrected chi connectivity index (χ2v) is 4.19. The zero-order valence-corrected chi connectivity index (χ0v) is 9.85. The molecule has 0 aromatic rings. The molecular formula is C12H19NO4. The second kappa shape index (κ2) is 7.06. The van der Waals surface area contributed by atoms with Crippen LogP contribution in [0.25, 0.3) is 0 Å². The van der Waals surface area contributed by atoms with Crippen LogP contribution in [0.4, 0.5) is 0 Å². The number of hydrogen-bond donors (Lipinski definition) is 2. The summed E-state index contributed by atoms with van der Waals surface area (Å²) in [7, 11) is 0. The molecule has 17 heavy (non-hydrogen) atoms. The largest absolute Gasteiger partial charge is 0.480 e. The highest BCUT2D eigenvalue weighted by atomic mass is 16.5. The molecule has 0 radical (unpaired) electrons. The van der Waals surface area contributed by atoms with Crippen LogP contribution in [0.2, 0.25) is 0 Å². The van der Waals surface area contributed by atoms with Gasteiger partial charge in [0.25, 0.3) is 0 Å². The normalized spacial score (nSPS) is 16.2. The Kier molecular flexibility index (Phi) is 5.69. The summed E-state index contributed by atoms with van der Waals surface area (Å²) in [4.78, 5) is 22.4. The van der Waals surface area contributed by atoms with E-state index in [-0.39, 0.29) is 11.8 Å². The quantitative estimate of drug-likeness (QED) is 0.465. The highest BCUT2D eigenvalue weighted by Crippen LogP contribution is 2.32. The molecule has 1 unspecified atom stereocenters. The zero-order valence-electron chi connectivity index (χ0n) is 9.85. The molecule has 1 atom stereocenters. The van der Waals surface area contributed by atoms with E-state index in [1.807, 2.05) is 0 Å². The molecule has 1 aliphatic rings. The van der Waals surface area contributed by atoms with E-state index < -0.39 is 12.0 Å². The molecule has 96 valence electrons. The van der Waals surface area contributed by atoms with Crippen LogP contribution in [-0.2, 0) is 14.3 Å². The molecular weight excluding hydrogens is 222 g/mol. The fourth-order valence-corrected chi connectivity index (χ4v) is 1.56. The lowest BCUT2D eigenvalue weighted by Gasteiger charge is -2.13. The number of carboxylic acid groups (broad SMARTS) is 1. The lowest BCUT2D eigenvalue weighted by atomic mass is 10.2. The van der Waals surface area contributed by atoms with Crippen molar-refractivity contribution in [3.63, 3.8) is 0 Å². The molecule has 0 bridgehead atoms. The maximum atomic E-state index is 11.5. The van der Waals surface area contributed by atoms with E-state index in [2.05, 4.69) is 11.9 Å². The maximum absolute atomic E-state index is 11.5. The topological polar surface area (TPSA) is 75.6 Å². The number of aliphatic carboxylic acids is 1. The number of carbonyl (C=O) groups is 2. The van der Waals surface area contributed by atoms with E-state index in [9.17, 15) is 9.59 Å². The third-order valence-corrected chi connectivity index (χ3v) is 2.60. The van der Waals surface area contributed by atoms with Crippen LogP contribution >= 0.6 is 0 Å². The van der Waals surface area contributed by atoms with Gasteiger partial charge in [-0.1, -0.05) is 6.08 Å². The van der Waals surface area contributed by atoms with E-state index in [1.165, 1.54) is 0 Å². The van der Waals surface area contributed by atoms with Gasteiger partial charge < -0.3 is 15.2 Å². The van der Waals surface area contributed by atoms with Gasteiger partial charge in [-0.25, -0.2) is 4.79 Å². The highest BCUT2D eigenvalue weighted by molar-refractivity contribution is 5.83. The highest BCUT2D eigenvalue weighted by Gasteiger charge is 2.36. The van der Waals surface area contributed by atoms with E-state index in [4.69, 9.17) is 9.84 Å². The molecule has 1 amide bonds. The molecule has 0 heterocycles. The minimum Gasteiger partial charge on any atom is -0.480 e. The van der Waals surface area contributed by atoms with Gasteiger partial charge in [0.15, 0.2) is 0 Å². The van der Waals surface area contributed by atoms with E-state index in [1.54, 1.807) is 6.08 Å². The van der Waals surface area contributed by atoms with Crippen molar-refractivity contribution in [3.8, 4) is 0 Å². The third kappa shape index (κ3) is 5.49. The molecule has 5 nitrogen and oxygen atoms in total. The molecule has 2 N–H and O–H groups in total. The van der Waals surface area contributed by atoms with Gasteiger partial charge in [-0.05, 0) is 25.2 Å². The Bertz CT molecular complexity index is 286. The van der Waals surface area contributed by atoms with Gasteiger partial charge in [0.05, 0.1) is 6.61 Å². The number of amides is 1. The monoisotopic (exact) mass is 241 g/mol. The minimum atomic E-state index is -0.941. The van der Waals surface area contributed by atoms with Gasteiger partial charge in [0.1, 0.15) is 6.04 Å². The maximum Gasteiger partial charge on any atom is 0.326 e. The summed E-state index contributed by atoms with van der Waals surface area (Å²) < 4.78 is 5.13. The first-order chi connectivity index (χ1) is 8.15. The summed E-state index contributed by atoms with van der Waals surface area (Å²) in [6, 6.07) is -0.711. The Labute approximate surface area is 101 Å². The molecule has 1 rings (SSSR count). The fourth-order valence-electron chi connectivity index (χ4n) is 1.56. The van der Waals surface area contributed by atoms with Crippen molar-refractivity contribution in [2.45, 2.75) is 31.7 Å². The lowest BCUT2D eigenvalue weighted by molar-refractivity contribution is -0.142. The molecule has 0 spiro atoms. The molecule has 1 aliphatic carbocycles. The Morgan fingerprint density at radius 2 is 2.24 bits per heavy atom. The summed E-state index contributed by atoms with van der Waals surface area (Å²) in [5, 5.41) is 11.5. The van der Waals surface area contributed by atoms with E-state index >= 15 is 0 Å². The van der Waals surface area contributed by atoms with Gasteiger partial charge in [-0.2, -0.15) is 0 Å². The summed E-state index contributed by atoms with van der Waals surface area (Å²) in [5.74, 6) is -1.04. The molecule has 1 fully saturated rings. The molecule has 1 saturated carbocycles. The summed E-state index contributed by atoms with van der Waals surface area (Å²) in [6.07, 6.45) is 4.32. The molecule has 0 aliphatic heterocycles. The standard InChI is InChI=1S/C12H19NO4/c1-2-7-17-8-3-4-10(14)13-11(12(15)16)9-5-6-9/h2,9,11H,1,3-8H2,(H,13,14)(H,15,16). The van der Waals surface area contributed by atoms with Gasteiger partial charge in [0, 0.05) is 13.0 Å². The Morgan fingerprint density at radius 3 is 2.76 bits per heavy atom. The van der Waals surface area contributed by atoms with Crippen molar-refractivity contribution in [2.24, 2.45) is 5.92 Å². The number of ether oxygens (including phenoxy) is 1. The molecule has 5 heteroatoms. The van der Waals surface area contributed by atoms with E-state index in [0.29, 0.717) is 26.1 Å². The van der Waals surface area contributed by atoms with Crippen molar-refractivity contribution >= 4 is 11.9 Å². The Balaban J connectivity index is 2.14. The summed E-state index contributed by atoms with van der Waals surface area (Å²) >= 11 is 0. The number of rotatable bonds is 9. The smallest absolute Gasteiger partial charge is 0.326 e. The van der Waals surface area contributed by atoms with Crippen molar-refractivity contribution in [1.82, 2.24) is 5.32 Å². The first-order valence-electron chi connectivity index (χ1n) is 5.86. The van der Waals surface area contributed by atoms with Crippen LogP contribution in [-0.4, -0.2) is 36.2 Å². The molecule has 0 saturated heterocycles. The van der Waals surface area contributed by atoms with Crippen molar-refractivity contribution in [1.29, 1.82) is 0 Å². The zero-order chi connectivity index (χ0) is 12.7. The fraction of sp³-hybridized carbons (Fsp3) is 0.667. The molecule has 0 aromatic carbocycles. The van der Waals surface area contributed by atoms with Crippen molar-refractivity contribution in [3.05, 3.63) is 12.7 Å². The second-order valence-electron chi connectivity index (χ2n) is 4.19. The van der Waals surface area contributed by atoms with Crippen LogP contribution in [0, 0.1) is 5.92 Å². The number of carbonyl (C=O) groups excluding carboxylic acids is 1. The Hall–Kier alpha value is -1.36. The van der Waals surface area contributed by atoms with Gasteiger partial charge >= 0.3 is 5.97 Å². The van der Waals surface area contributed by atoms with Crippen molar-refractivity contribution < 1.29 is 19.4 Å².